The Morgan fingerprint density at radius 1 is 0.950 bits per heavy atom. The molecule has 1 aliphatic carbocycles. The van der Waals surface area contributed by atoms with Gasteiger partial charge in [0.25, 0.3) is 0 Å². The number of aryl methyl sites for hydroxylation is 1. The molecule has 100 valence electrons. The van der Waals surface area contributed by atoms with Crippen LogP contribution in [-0.2, 0) is 6.61 Å². The molecule has 2 aromatic rings. The van der Waals surface area contributed by atoms with Crippen molar-refractivity contribution in [1.29, 1.82) is 0 Å². The molecule has 3 rings (SSSR count). The Kier molecular flexibility index (Phi) is 2.80. The highest BCUT2D eigenvalue weighted by molar-refractivity contribution is 6.29. The number of benzene rings is 2. The van der Waals surface area contributed by atoms with Crippen LogP contribution in [0.3, 0.4) is 0 Å². The monoisotopic (exact) mass is 266 g/mol. The summed E-state index contributed by atoms with van der Waals surface area (Å²) in [6.45, 7) is 3.45. The van der Waals surface area contributed by atoms with Crippen LogP contribution in [0.25, 0.3) is 0 Å². The summed E-state index contributed by atoms with van der Waals surface area (Å²) in [5.74, 6) is -0.244. The molecular weight excluding hydrogens is 252 g/mol. The van der Waals surface area contributed by atoms with E-state index in [1.54, 1.807) is 44.2 Å². The summed E-state index contributed by atoms with van der Waals surface area (Å²) in [5.41, 5.74) is 3.96. The topological polar surface area (TPSA) is 54.4 Å². The largest absolute Gasteiger partial charge is 0.392 e. The summed E-state index contributed by atoms with van der Waals surface area (Å²) >= 11 is 0. The molecule has 0 saturated carbocycles. The summed E-state index contributed by atoms with van der Waals surface area (Å²) in [4.78, 5) is 25.3. The van der Waals surface area contributed by atoms with Crippen molar-refractivity contribution in [2.45, 2.75) is 20.5 Å². The van der Waals surface area contributed by atoms with Gasteiger partial charge in [0.2, 0.25) is 0 Å². The van der Waals surface area contributed by atoms with E-state index in [9.17, 15) is 14.7 Å². The third-order valence-electron chi connectivity index (χ3n) is 3.93. The molecule has 0 saturated heterocycles. The normalized spacial score (nSPS) is 13.2. The van der Waals surface area contributed by atoms with E-state index in [-0.39, 0.29) is 18.2 Å². The van der Waals surface area contributed by atoms with Crippen LogP contribution in [0.15, 0.2) is 30.3 Å². The fourth-order valence-corrected chi connectivity index (χ4v) is 2.88. The van der Waals surface area contributed by atoms with E-state index < -0.39 is 0 Å². The van der Waals surface area contributed by atoms with Crippen molar-refractivity contribution in [2.75, 3.05) is 0 Å². The van der Waals surface area contributed by atoms with Gasteiger partial charge in [0.1, 0.15) is 0 Å². The first kappa shape index (κ1) is 12.8. The fraction of sp³-hybridized carbons (Fsp3) is 0.176. The third kappa shape index (κ3) is 1.57. The van der Waals surface area contributed by atoms with Crippen molar-refractivity contribution >= 4 is 11.6 Å². The van der Waals surface area contributed by atoms with Crippen LogP contribution in [-0.4, -0.2) is 16.7 Å². The molecule has 0 radical (unpaired) electrons. The lowest BCUT2D eigenvalue weighted by Gasteiger charge is -2.22. The highest BCUT2D eigenvalue weighted by Crippen LogP contribution is 2.33. The zero-order valence-electron chi connectivity index (χ0n) is 11.4. The number of rotatable bonds is 1. The molecule has 3 heteroatoms. The minimum absolute atomic E-state index is 0.111. The van der Waals surface area contributed by atoms with Gasteiger partial charge in [-0.2, -0.15) is 0 Å². The lowest BCUT2D eigenvalue weighted by atomic mass is 9.79. The van der Waals surface area contributed by atoms with Gasteiger partial charge in [0.05, 0.1) is 6.61 Å². The number of aliphatic hydroxyl groups excluding tert-OH is 1. The average molecular weight is 266 g/mol. The third-order valence-corrected chi connectivity index (χ3v) is 3.93. The first-order valence-corrected chi connectivity index (χ1v) is 6.48. The molecule has 0 aliphatic heterocycles. The van der Waals surface area contributed by atoms with E-state index >= 15 is 0 Å². The summed E-state index contributed by atoms with van der Waals surface area (Å²) in [5, 5.41) is 9.40. The molecule has 0 heterocycles. The predicted molar refractivity (Wildman–Crippen MR) is 75.1 cm³/mol. The summed E-state index contributed by atoms with van der Waals surface area (Å²) in [6.07, 6.45) is 0. The smallest absolute Gasteiger partial charge is 0.194 e. The summed E-state index contributed by atoms with van der Waals surface area (Å²) < 4.78 is 0. The Labute approximate surface area is 116 Å². The second-order valence-corrected chi connectivity index (χ2v) is 5.09. The first-order valence-electron chi connectivity index (χ1n) is 6.48. The highest BCUT2D eigenvalue weighted by atomic mass is 16.3. The molecule has 1 aliphatic rings. The highest BCUT2D eigenvalue weighted by Gasteiger charge is 2.32. The van der Waals surface area contributed by atoms with Gasteiger partial charge in [0.15, 0.2) is 11.6 Å². The van der Waals surface area contributed by atoms with Crippen LogP contribution < -0.4 is 0 Å². The molecular formula is C17H14O3. The molecule has 2 aromatic carbocycles. The minimum atomic E-state index is -0.136. The molecule has 0 unspecified atom stereocenters. The van der Waals surface area contributed by atoms with Crippen LogP contribution in [0.2, 0.25) is 0 Å². The lowest BCUT2D eigenvalue weighted by molar-refractivity contribution is 0.0977. The van der Waals surface area contributed by atoms with E-state index in [2.05, 4.69) is 0 Å². The van der Waals surface area contributed by atoms with E-state index in [0.717, 1.165) is 5.56 Å². The number of aliphatic hydroxyl groups is 1. The van der Waals surface area contributed by atoms with E-state index in [1.807, 2.05) is 0 Å². The number of hydrogen-bond acceptors (Lipinski definition) is 3. The maximum atomic E-state index is 12.7. The quantitative estimate of drug-likeness (QED) is 0.736. The first-order chi connectivity index (χ1) is 9.56. The Morgan fingerprint density at radius 2 is 1.50 bits per heavy atom. The molecule has 3 nitrogen and oxygen atoms in total. The van der Waals surface area contributed by atoms with Crippen molar-refractivity contribution in [3.63, 3.8) is 0 Å². The van der Waals surface area contributed by atoms with E-state index in [4.69, 9.17) is 0 Å². The Hall–Kier alpha value is -2.26. The van der Waals surface area contributed by atoms with Crippen LogP contribution in [0.1, 0.15) is 48.5 Å². The molecule has 1 N–H and O–H groups in total. The van der Waals surface area contributed by atoms with Gasteiger partial charge in [0, 0.05) is 22.3 Å². The molecule has 0 bridgehead atoms. The number of fused-ring (bicyclic) bond motifs is 2. The number of carbonyl (C=O) groups is 2. The van der Waals surface area contributed by atoms with Gasteiger partial charge in [-0.15, -0.1) is 0 Å². The Balaban J connectivity index is 2.39. The fourth-order valence-electron chi connectivity index (χ4n) is 2.88. The minimum Gasteiger partial charge on any atom is -0.392 e. The Morgan fingerprint density at radius 3 is 2.05 bits per heavy atom. The standard InChI is InChI=1S/C17H14O3/c1-9-7-11(8-18)10(2)15-14(9)16(19)12-5-3-4-6-13(12)17(15)20/h3-7,18H,8H2,1-2H3. The Bertz CT molecular complexity index is 757. The van der Waals surface area contributed by atoms with Crippen LogP contribution in [0.4, 0.5) is 0 Å². The lowest BCUT2D eigenvalue weighted by Crippen LogP contribution is -2.24. The zero-order valence-corrected chi connectivity index (χ0v) is 11.4. The molecule has 0 spiro atoms. The second kappa shape index (κ2) is 4.39. The predicted octanol–water partition coefficient (Wildman–Crippen LogP) is 2.57. The molecule has 0 aromatic heterocycles. The van der Waals surface area contributed by atoms with Crippen molar-refractivity contribution in [2.24, 2.45) is 0 Å². The van der Waals surface area contributed by atoms with E-state index in [1.165, 1.54) is 0 Å². The van der Waals surface area contributed by atoms with Crippen molar-refractivity contribution < 1.29 is 14.7 Å². The second-order valence-electron chi connectivity index (χ2n) is 5.09. The van der Waals surface area contributed by atoms with Gasteiger partial charge < -0.3 is 5.11 Å². The molecule has 0 fully saturated rings. The van der Waals surface area contributed by atoms with Gasteiger partial charge in [-0.3, -0.25) is 9.59 Å². The van der Waals surface area contributed by atoms with Crippen molar-refractivity contribution in [3.8, 4) is 0 Å². The SMILES string of the molecule is Cc1cc(CO)c(C)c2c1C(=O)c1ccccc1C2=O. The molecule has 0 atom stereocenters. The van der Waals surface area contributed by atoms with Crippen molar-refractivity contribution in [3.05, 3.63) is 69.3 Å². The van der Waals surface area contributed by atoms with Gasteiger partial charge in [-0.25, -0.2) is 0 Å². The summed E-state index contributed by atoms with van der Waals surface area (Å²) in [7, 11) is 0. The van der Waals surface area contributed by atoms with Crippen molar-refractivity contribution in [1.82, 2.24) is 0 Å². The van der Waals surface area contributed by atoms with Crippen LogP contribution >= 0.6 is 0 Å². The maximum absolute atomic E-state index is 12.7. The maximum Gasteiger partial charge on any atom is 0.194 e. The summed E-state index contributed by atoms with van der Waals surface area (Å²) in [6, 6.07) is 8.67. The number of hydrogen-bond donors (Lipinski definition) is 1. The molecule has 0 amide bonds. The number of carbonyl (C=O) groups excluding carboxylic acids is 2. The van der Waals surface area contributed by atoms with Gasteiger partial charge >= 0.3 is 0 Å². The average Bonchev–Trinajstić information content (AvgIpc) is 2.46. The van der Waals surface area contributed by atoms with Gasteiger partial charge in [-0.1, -0.05) is 30.3 Å². The number of ketones is 2. The van der Waals surface area contributed by atoms with Crippen LogP contribution in [0.5, 0.6) is 0 Å². The zero-order chi connectivity index (χ0) is 14.4. The molecule has 20 heavy (non-hydrogen) atoms. The van der Waals surface area contributed by atoms with E-state index in [0.29, 0.717) is 33.4 Å². The van der Waals surface area contributed by atoms with Gasteiger partial charge in [-0.05, 0) is 30.5 Å². The van der Waals surface area contributed by atoms with Crippen LogP contribution in [0, 0.1) is 13.8 Å².